The van der Waals surface area contributed by atoms with E-state index in [-0.39, 0.29) is 24.4 Å². The molecular weight excluding hydrogens is 248 g/mol. The van der Waals surface area contributed by atoms with Gasteiger partial charge in [0.15, 0.2) is 0 Å². The number of carbonyl (C=O) groups is 2. The van der Waals surface area contributed by atoms with Gasteiger partial charge in [0, 0.05) is 13.1 Å². The number of hydrogen-bond donors (Lipinski definition) is 3. The fourth-order valence-corrected chi connectivity index (χ4v) is 1.66. The number of benzene rings is 1. The van der Waals surface area contributed by atoms with Gasteiger partial charge >= 0.3 is 12.0 Å². The molecule has 6 nitrogen and oxygen atoms in total. The van der Waals surface area contributed by atoms with Crippen LogP contribution in [0.15, 0.2) is 18.2 Å². The second-order valence-electron chi connectivity index (χ2n) is 4.09. The molecule has 0 aromatic heterocycles. The fourth-order valence-electron chi connectivity index (χ4n) is 1.66. The average Bonchev–Trinajstić information content (AvgIpc) is 2.37. The van der Waals surface area contributed by atoms with Crippen LogP contribution in [0.25, 0.3) is 0 Å². The second-order valence-corrected chi connectivity index (χ2v) is 4.09. The van der Waals surface area contributed by atoms with Gasteiger partial charge in [-0.25, -0.2) is 9.59 Å². The van der Waals surface area contributed by atoms with Crippen molar-refractivity contribution >= 4 is 17.7 Å². The summed E-state index contributed by atoms with van der Waals surface area (Å²) in [6.07, 6.45) is 0. The summed E-state index contributed by atoms with van der Waals surface area (Å²) in [5.41, 5.74) is 1.10. The zero-order valence-electron chi connectivity index (χ0n) is 11.0. The highest BCUT2D eigenvalue weighted by molar-refractivity contribution is 6.00. The van der Waals surface area contributed by atoms with Crippen LogP contribution in [0.5, 0.6) is 0 Å². The number of carbonyl (C=O) groups excluding carboxylic acids is 1. The van der Waals surface area contributed by atoms with Gasteiger partial charge in [-0.1, -0.05) is 11.6 Å². The number of aryl methyl sites for hydroxylation is 1. The molecular formula is C13H18N2O4. The van der Waals surface area contributed by atoms with E-state index in [1.54, 1.807) is 26.0 Å². The number of aliphatic hydroxyl groups excluding tert-OH is 1. The Labute approximate surface area is 111 Å². The summed E-state index contributed by atoms with van der Waals surface area (Å²) in [6, 6.07) is 4.36. The Balaban J connectivity index is 2.92. The van der Waals surface area contributed by atoms with Crippen LogP contribution in [0.4, 0.5) is 10.5 Å². The molecule has 19 heavy (non-hydrogen) atoms. The number of aromatic carboxylic acids is 1. The van der Waals surface area contributed by atoms with Crippen molar-refractivity contribution in [2.75, 3.05) is 25.0 Å². The van der Waals surface area contributed by atoms with Crippen LogP contribution in [-0.2, 0) is 0 Å². The van der Waals surface area contributed by atoms with Crippen molar-refractivity contribution in [2.45, 2.75) is 13.8 Å². The number of amides is 2. The minimum absolute atomic E-state index is 0.0494. The maximum absolute atomic E-state index is 11.9. The zero-order chi connectivity index (χ0) is 14.4. The number of rotatable bonds is 5. The van der Waals surface area contributed by atoms with Crippen LogP contribution in [0.1, 0.15) is 22.8 Å². The molecule has 0 heterocycles. The van der Waals surface area contributed by atoms with E-state index in [9.17, 15) is 9.59 Å². The Morgan fingerprint density at radius 2 is 2.05 bits per heavy atom. The molecule has 0 radical (unpaired) electrons. The molecule has 0 saturated carbocycles. The van der Waals surface area contributed by atoms with Crippen LogP contribution in [0.2, 0.25) is 0 Å². The lowest BCUT2D eigenvalue weighted by molar-refractivity contribution is 0.0698. The van der Waals surface area contributed by atoms with Crippen LogP contribution in [0, 0.1) is 6.92 Å². The normalized spacial score (nSPS) is 10.1. The highest BCUT2D eigenvalue weighted by atomic mass is 16.4. The molecule has 0 atom stereocenters. The Kier molecular flexibility index (Phi) is 5.32. The first kappa shape index (κ1) is 15.0. The summed E-state index contributed by atoms with van der Waals surface area (Å²) in [5.74, 6) is -1.09. The van der Waals surface area contributed by atoms with Crippen molar-refractivity contribution in [3.05, 3.63) is 29.3 Å². The number of aliphatic hydroxyl groups is 1. The summed E-state index contributed by atoms with van der Waals surface area (Å²) in [5, 5.41) is 20.5. The minimum atomic E-state index is -1.09. The monoisotopic (exact) mass is 266 g/mol. The SMILES string of the molecule is CCN(CCO)C(=O)Nc1ccc(C)cc1C(=O)O. The highest BCUT2D eigenvalue weighted by Crippen LogP contribution is 2.18. The molecule has 0 aliphatic rings. The summed E-state index contributed by atoms with van der Waals surface area (Å²) in [4.78, 5) is 24.4. The maximum Gasteiger partial charge on any atom is 0.337 e. The van der Waals surface area contributed by atoms with E-state index in [0.29, 0.717) is 6.54 Å². The number of carboxylic acid groups (broad SMARTS) is 1. The third kappa shape index (κ3) is 3.96. The van der Waals surface area contributed by atoms with E-state index in [0.717, 1.165) is 5.56 Å². The lowest BCUT2D eigenvalue weighted by atomic mass is 10.1. The van der Waals surface area contributed by atoms with Crippen LogP contribution in [0.3, 0.4) is 0 Å². The predicted octanol–water partition coefficient (Wildman–Crippen LogP) is 1.54. The Morgan fingerprint density at radius 3 is 2.58 bits per heavy atom. The van der Waals surface area contributed by atoms with Crippen LogP contribution < -0.4 is 5.32 Å². The summed E-state index contributed by atoms with van der Waals surface area (Å²) in [6.45, 7) is 4.06. The Hall–Kier alpha value is -2.08. The first-order valence-electron chi connectivity index (χ1n) is 6.00. The maximum atomic E-state index is 11.9. The standard InChI is InChI=1S/C13H18N2O4/c1-3-15(6-7-16)13(19)14-11-5-4-9(2)8-10(11)12(17)18/h4-5,8,16H,3,6-7H2,1-2H3,(H,14,19)(H,17,18). The Morgan fingerprint density at radius 1 is 1.37 bits per heavy atom. The number of nitrogens with one attached hydrogen (secondary N) is 1. The van der Waals surface area contributed by atoms with Gasteiger partial charge in [0.25, 0.3) is 0 Å². The first-order valence-corrected chi connectivity index (χ1v) is 6.00. The lowest BCUT2D eigenvalue weighted by Crippen LogP contribution is -2.37. The quantitative estimate of drug-likeness (QED) is 0.754. The van der Waals surface area contributed by atoms with Crippen molar-refractivity contribution in [1.29, 1.82) is 0 Å². The summed E-state index contributed by atoms with van der Waals surface area (Å²) in [7, 11) is 0. The van der Waals surface area contributed by atoms with Gasteiger partial charge in [-0.2, -0.15) is 0 Å². The number of carboxylic acids is 1. The molecule has 0 aliphatic heterocycles. The van der Waals surface area contributed by atoms with Crippen LogP contribution >= 0.6 is 0 Å². The molecule has 6 heteroatoms. The van der Waals surface area contributed by atoms with E-state index >= 15 is 0 Å². The van der Waals surface area contributed by atoms with Gasteiger partial charge in [-0.15, -0.1) is 0 Å². The number of urea groups is 1. The number of anilines is 1. The van der Waals surface area contributed by atoms with Gasteiger partial charge in [0.2, 0.25) is 0 Å². The molecule has 0 fully saturated rings. The number of hydrogen-bond acceptors (Lipinski definition) is 3. The first-order chi connectivity index (χ1) is 8.99. The molecule has 1 rings (SSSR count). The van der Waals surface area contributed by atoms with Crippen molar-refractivity contribution in [3.8, 4) is 0 Å². The topological polar surface area (TPSA) is 89.9 Å². The third-order valence-corrected chi connectivity index (χ3v) is 2.69. The van der Waals surface area contributed by atoms with Crippen LogP contribution in [-0.4, -0.2) is 46.8 Å². The molecule has 0 saturated heterocycles. The van der Waals surface area contributed by atoms with Crippen molar-refractivity contribution in [1.82, 2.24) is 4.90 Å². The molecule has 1 aromatic rings. The predicted molar refractivity (Wildman–Crippen MR) is 71.5 cm³/mol. The van der Waals surface area contributed by atoms with Crippen molar-refractivity contribution < 1.29 is 19.8 Å². The second kappa shape index (κ2) is 6.75. The largest absolute Gasteiger partial charge is 0.478 e. The van der Waals surface area contributed by atoms with Crippen molar-refractivity contribution in [2.24, 2.45) is 0 Å². The van der Waals surface area contributed by atoms with Gasteiger partial charge in [0.05, 0.1) is 17.9 Å². The van der Waals surface area contributed by atoms with Gasteiger partial charge in [0.1, 0.15) is 0 Å². The van der Waals surface area contributed by atoms with Gasteiger partial charge in [-0.3, -0.25) is 0 Å². The van der Waals surface area contributed by atoms with Crippen molar-refractivity contribution in [3.63, 3.8) is 0 Å². The molecule has 0 bridgehead atoms. The smallest absolute Gasteiger partial charge is 0.337 e. The summed E-state index contributed by atoms with van der Waals surface area (Å²) < 4.78 is 0. The number of nitrogens with zero attached hydrogens (tertiary/aromatic N) is 1. The highest BCUT2D eigenvalue weighted by Gasteiger charge is 2.15. The van der Waals surface area contributed by atoms with E-state index in [1.165, 1.54) is 11.0 Å². The van der Waals surface area contributed by atoms with E-state index in [1.807, 2.05) is 0 Å². The molecule has 0 spiro atoms. The van der Waals surface area contributed by atoms with Gasteiger partial charge < -0.3 is 20.4 Å². The average molecular weight is 266 g/mol. The fraction of sp³-hybridized carbons (Fsp3) is 0.385. The third-order valence-electron chi connectivity index (χ3n) is 2.69. The molecule has 104 valence electrons. The summed E-state index contributed by atoms with van der Waals surface area (Å²) >= 11 is 0. The van der Waals surface area contributed by atoms with E-state index in [4.69, 9.17) is 10.2 Å². The molecule has 2 amide bonds. The molecule has 3 N–H and O–H groups in total. The molecule has 0 aliphatic carbocycles. The molecule has 1 aromatic carbocycles. The lowest BCUT2D eigenvalue weighted by Gasteiger charge is -2.20. The van der Waals surface area contributed by atoms with E-state index < -0.39 is 12.0 Å². The van der Waals surface area contributed by atoms with E-state index in [2.05, 4.69) is 5.32 Å². The zero-order valence-corrected chi connectivity index (χ0v) is 11.0. The number of likely N-dealkylation sites (N-methyl/N-ethyl adjacent to an activating group) is 1. The molecule has 0 unspecified atom stereocenters. The Bertz CT molecular complexity index is 474. The minimum Gasteiger partial charge on any atom is -0.478 e. The van der Waals surface area contributed by atoms with Gasteiger partial charge in [-0.05, 0) is 26.0 Å².